The molecule has 3 aromatic rings. The van der Waals surface area contributed by atoms with Crippen molar-refractivity contribution in [3.8, 4) is 5.75 Å². The Labute approximate surface area is 151 Å². The fraction of sp³-hybridized carbons (Fsp3) is 0.0588. The minimum atomic E-state index is -0.489. The standard InChI is InChI=1S/C17H11ClF2N2O2S/c18-13-7-11(20)3-6-14(13)22-17(23)15-9-25-16(21-15)8-24-12-4-1-10(19)2-5-12/h1-7,9H,8H2,(H,22,23). The van der Waals surface area contributed by atoms with Gasteiger partial charge in [0.25, 0.3) is 5.91 Å². The fourth-order valence-electron chi connectivity index (χ4n) is 1.93. The summed E-state index contributed by atoms with van der Waals surface area (Å²) in [4.78, 5) is 16.4. The van der Waals surface area contributed by atoms with Crippen LogP contribution < -0.4 is 10.1 Å². The first kappa shape index (κ1) is 17.3. The molecule has 1 amide bonds. The number of aromatic nitrogens is 1. The number of rotatable bonds is 5. The van der Waals surface area contributed by atoms with Crippen LogP contribution in [-0.4, -0.2) is 10.9 Å². The van der Waals surface area contributed by atoms with Crippen LogP contribution in [0.25, 0.3) is 0 Å². The van der Waals surface area contributed by atoms with E-state index in [0.717, 1.165) is 6.07 Å². The molecule has 1 N–H and O–H groups in total. The second-order valence-corrected chi connectivity index (χ2v) is 6.30. The molecule has 0 radical (unpaired) electrons. The molecule has 0 bridgehead atoms. The van der Waals surface area contributed by atoms with Gasteiger partial charge in [-0.05, 0) is 42.5 Å². The Balaban J connectivity index is 1.62. The predicted octanol–water partition coefficient (Wildman–Crippen LogP) is 4.91. The van der Waals surface area contributed by atoms with Crippen molar-refractivity contribution in [3.05, 3.63) is 75.2 Å². The number of halogens is 3. The number of nitrogens with one attached hydrogen (secondary N) is 1. The molecule has 0 saturated carbocycles. The molecule has 4 nitrogen and oxygen atoms in total. The van der Waals surface area contributed by atoms with Crippen molar-refractivity contribution in [1.82, 2.24) is 4.98 Å². The summed E-state index contributed by atoms with van der Waals surface area (Å²) in [6, 6.07) is 9.29. The van der Waals surface area contributed by atoms with Crippen molar-refractivity contribution in [2.24, 2.45) is 0 Å². The highest BCUT2D eigenvalue weighted by molar-refractivity contribution is 7.09. The van der Waals surface area contributed by atoms with Gasteiger partial charge in [-0.25, -0.2) is 13.8 Å². The smallest absolute Gasteiger partial charge is 0.275 e. The Morgan fingerprint density at radius 2 is 1.88 bits per heavy atom. The number of anilines is 1. The van der Waals surface area contributed by atoms with E-state index in [1.165, 1.54) is 47.7 Å². The highest BCUT2D eigenvalue weighted by Crippen LogP contribution is 2.23. The lowest BCUT2D eigenvalue weighted by atomic mass is 10.3. The van der Waals surface area contributed by atoms with Crippen molar-refractivity contribution in [2.45, 2.75) is 6.61 Å². The maximum absolute atomic E-state index is 13.0. The first-order valence-electron chi connectivity index (χ1n) is 7.10. The average molecular weight is 381 g/mol. The number of carbonyl (C=O) groups excluding carboxylic acids is 1. The molecule has 0 atom stereocenters. The summed E-state index contributed by atoms with van der Waals surface area (Å²) < 4.78 is 31.3. The van der Waals surface area contributed by atoms with Gasteiger partial charge in [0.15, 0.2) is 0 Å². The molecule has 8 heteroatoms. The van der Waals surface area contributed by atoms with Gasteiger partial charge in [0.1, 0.15) is 34.7 Å². The number of thiazole rings is 1. The molecule has 128 valence electrons. The molecular formula is C17H11ClF2N2O2S. The molecule has 25 heavy (non-hydrogen) atoms. The van der Waals surface area contributed by atoms with Gasteiger partial charge in [-0.15, -0.1) is 11.3 Å². The number of hydrogen-bond acceptors (Lipinski definition) is 4. The average Bonchev–Trinajstić information content (AvgIpc) is 3.06. The maximum atomic E-state index is 13.0. The number of carbonyl (C=O) groups is 1. The SMILES string of the molecule is O=C(Nc1ccc(F)cc1Cl)c1csc(COc2ccc(F)cc2)n1. The Morgan fingerprint density at radius 1 is 1.16 bits per heavy atom. The van der Waals surface area contributed by atoms with Crippen LogP contribution in [0.15, 0.2) is 47.8 Å². The molecule has 1 aromatic heterocycles. The Kier molecular flexibility index (Phi) is 5.25. The summed E-state index contributed by atoms with van der Waals surface area (Å²) in [5.41, 5.74) is 0.494. The van der Waals surface area contributed by atoms with Crippen molar-refractivity contribution in [1.29, 1.82) is 0 Å². The van der Waals surface area contributed by atoms with Gasteiger partial charge in [-0.1, -0.05) is 11.6 Å². The van der Waals surface area contributed by atoms with Crippen LogP contribution in [0.2, 0.25) is 5.02 Å². The molecule has 0 fully saturated rings. The summed E-state index contributed by atoms with van der Waals surface area (Å²) in [5.74, 6) is -0.796. The van der Waals surface area contributed by atoms with E-state index in [1.54, 1.807) is 5.38 Å². The lowest BCUT2D eigenvalue weighted by Gasteiger charge is -2.05. The van der Waals surface area contributed by atoms with E-state index in [4.69, 9.17) is 16.3 Å². The lowest BCUT2D eigenvalue weighted by molar-refractivity contribution is 0.102. The largest absolute Gasteiger partial charge is 0.486 e. The molecule has 0 aliphatic heterocycles. The monoisotopic (exact) mass is 380 g/mol. The van der Waals surface area contributed by atoms with Crippen LogP contribution in [-0.2, 0) is 6.61 Å². The second kappa shape index (κ2) is 7.58. The zero-order valence-corrected chi connectivity index (χ0v) is 14.2. The molecule has 0 aliphatic carbocycles. The van der Waals surface area contributed by atoms with E-state index in [1.807, 2.05) is 0 Å². The zero-order valence-electron chi connectivity index (χ0n) is 12.6. The van der Waals surface area contributed by atoms with Crippen molar-refractivity contribution < 1.29 is 18.3 Å². The predicted molar refractivity (Wildman–Crippen MR) is 92.2 cm³/mol. The Bertz CT molecular complexity index is 900. The molecule has 2 aromatic carbocycles. The van der Waals surface area contributed by atoms with Crippen LogP contribution in [0, 0.1) is 11.6 Å². The van der Waals surface area contributed by atoms with Crippen molar-refractivity contribution >= 4 is 34.5 Å². The normalized spacial score (nSPS) is 10.5. The van der Waals surface area contributed by atoms with E-state index >= 15 is 0 Å². The van der Waals surface area contributed by atoms with Gasteiger partial charge < -0.3 is 10.1 Å². The summed E-state index contributed by atoms with van der Waals surface area (Å²) in [6.07, 6.45) is 0. The fourth-order valence-corrected chi connectivity index (χ4v) is 2.83. The van der Waals surface area contributed by atoms with Crippen LogP contribution in [0.3, 0.4) is 0 Å². The summed E-state index contributed by atoms with van der Waals surface area (Å²) >= 11 is 7.13. The van der Waals surface area contributed by atoms with E-state index < -0.39 is 11.7 Å². The summed E-state index contributed by atoms with van der Waals surface area (Å²) in [7, 11) is 0. The zero-order chi connectivity index (χ0) is 17.8. The molecule has 3 rings (SSSR count). The minimum Gasteiger partial charge on any atom is -0.486 e. The highest BCUT2D eigenvalue weighted by atomic mass is 35.5. The molecule has 0 unspecified atom stereocenters. The lowest BCUT2D eigenvalue weighted by Crippen LogP contribution is -2.13. The highest BCUT2D eigenvalue weighted by Gasteiger charge is 2.13. The number of benzene rings is 2. The van der Waals surface area contributed by atoms with Crippen LogP contribution in [0.1, 0.15) is 15.5 Å². The molecular weight excluding hydrogens is 370 g/mol. The minimum absolute atomic E-state index is 0.100. The van der Waals surface area contributed by atoms with Crippen LogP contribution in [0.5, 0.6) is 5.75 Å². The van der Waals surface area contributed by atoms with Gasteiger partial charge in [0, 0.05) is 5.38 Å². The number of nitrogens with zero attached hydrogens (tertiary/aromatic N) is 1. The van der Waals surface area contributed by atoms with Gasteiger partial charge in [-0.2, -0.15) is 0 Å². The van der Waals surface area contributed by atoms with Crippen molar-refractivity contribution in [2.75, 3.05) is 5.32 Å². The third-order valence-corrected chi connectivity index (χ3v) is 4.27. The molecule has 0 spiro atoms. The Morgan fingerprint density at radius 3 is 2.60 bits per heavy atom. The number of ether oxygens (including phenoxy) is 1. The van der Waals surface area contributed by atoms with Gasteiger partial charge in [0.2, 0.25) is 0 Å². The quantitative estimate of drug-likeness (QED) is 0.684. The van der Waals surface area contributed by atoms with E-state index in [-0.39, 0.29) is 23.1 Å². The summed E-state index contributed by atoms with van der Waals surface area (Å²) in [6.45, 7) is 0.154. The first-order valence-corrected chi connectivity index (χ1v) is 8.36. The summed E-state index contributed by atoms with van der Waals surface area (Å²) in [5, 5.41) is 4.83. The number of hydrogen-bond donors (Lipinski definition) is 1. The van der Waals surface area contributed by atoms with Gasteiger partial charge in [-0.3, -0.25) is 4.79 Å². The topological polar surface area (TPSA) is 51.2 Å². The van der Waals surface area contributed by atoms with Crippen LogP contribution in [0.4, 0.5) is 14.5 Å². The van der Waals surface area contributed by atoms with E-state index in [2.05, 4.69) is 10.3 Å². The second-order valence-electron chi connectivity index (χ2n) is 4.95. The van der Waals surface area contributed by atoms with E-state index in [9.17, 15) is 13.6 Å². The third kappa shape index (κ3) is 4.52. The first-order chi connectivity index (χ1) is 12.0. The van der Waals surface area contributed by atoms with Gasteiger partial charge in [0.05, 0.1) is 10.7 Å². The van der Waals surface area contributed by atoms with E-state index in [0.29, 0.717) is 16.4 Å². The van der Waals surface area contributed by atoms with Crippen LogP contribution >= 0.6 is 22.9 Å². The Hall–Kier alpha value is -2.51. The number of amides is 1. The van der Waals surface area contributed by atoms with Gasteiger partial charge >= 0.3 is 0 Å². The van der Waals surface area contributed by atoms with Crippen molar-refractivity contribution in [3.63, 3.8) is 0 Å². The molecule has 0 aliphatic rings. The maximum Gasteiger partial charge on any atom is 0.275 e. The molecule has 0 saturated heterocycles. The molecule has 1 heterocycles. The third-order valence-electron chi connectivity index (χ3n) is 3.14.